The molecule has 1 amide bonds. The number of nitrogens with zero attached hydrogens (tertiary/aromatic N) is 4. The average molecular weight is 531 g/mol. The molecule has 36 heavy (non-hydrogen) atoms. The first-order chi connectivity index (χ1) is 17.3. The number of nitro groups is 1. The van der Waals surface area contributed by atoms with Crippen LogP contribution in [0.3, 0.4) is 0 Å². The summed E-state index contributed by atoms with van der Waals surface area (Å²) in [5.41, 5.74) is 3.02. The second-order valence-electron chi connectivity index (χ2n) is 8.56. The van der Waals surface area contributed by atoms with Crippen molar-refractivity contribution in [2.75, 3.05) is 23.0 Å². The van der Waals surface area contributed by atoms with E-state index in [-0.39, 0.29) is 23.5 Å². The summed E-state index contributed by atoms with van der Waals surface area (Å²) in [6.45, 7) is 5.45. The minimum absolute atomic E-state index is 0.0174. The molecule has 12 heteroatoms. The maximum absolute atomic E-state index is 12.6. The number of hydrogen-bond donors (Lipinski definition) is 2. The fourth-order valence-electron chi connectivity index (χ4n) is 3.83. The molecule has 3 aromatic rings. The van der Waals surface area contributed by atoms with Crippen LogP contribution < -0.4 is 10.6 Å². The van der Waals surface area contributed by atoms with Crippen molar-refractivity contribution < 1.29 is 14.5 Å². The van der Waals surface area contributed by atoms with Gasteiger partial charge in [-0.1, -0.05) is 29.4 Å². The lowest BCUT2D eigenvalue weighted by Gasteiger charge is -2.15. The number of hydrogen-bond acceptors (Lipinski definition) is 8. The van der Waals surface area contributed by atoms with Gasteiger partial charge in [-0.25, -0.2) is 0 Å². The van der Waals surface area contributed by atoms with Gasteiger partial charge in [-0.05, 0) is 56.0 Å². The largest absolute Gasteiger partial charge is 0.378 e. The molecule has 1 atom stereocenters. The van der Waals surface area contributed by atoms with Crippen molar-refractivity contribution in [1.29, 1.82) is 0 Å². The fraction of sp³-hybridized carbons (Fsp3) is 0.375. The topological polar surface area (TPSA) is 124 Å². The Bertz CT molecular complexity index is 1260. The van der Waals surface area contributed by atoms with Gasteiger partial charge in [-0.15, -0.1) is 10.2 Å². The van der Waals surface area contributed by atoms with E-state index in [1.165, 1.54) is 30.0 Å². The van der Waals surface area contributed by atoms with E-state index in [1.54, 1.807) is 6.92 Å². The van der Waals surface area contributed by atoms with Crippen LogP contribution >= 0.6 is 23.4 Å². The Morgan fingerprint density at radius 3 is 2.78 bits per heavy atom. The number of carbonyl (C=O) groups is 1. The molecule has 10 nitrogen and oxygen atoms in total. The zero-order chi connectivity index (χ0) is 25.7. The number of thioether (sulfide) groups is 1. The third-order valence-electron chi connectivity index (χ3n) is 5.85. The molecule has 1 aliphatic heterocycles. The lowest BCUT2D eigenvalue weighted by molar-refractivity contribution is -0.384. The fourth-order valence-corrected chi connectivity index (χ4v) is 4.78. The molecule has 190 valence electrons. The Hall–Kier alpha value is -3.15. The molecule has 4 rings (SSSR count). The number of carbonyl (C=O) groups excluding carboxylic acids is 1. The van der Waals surface area contributed by atoms with Crippen molar-refractivity contribution in [3.63, 3.8) is 0 Å². The summed E-state index contributed by atoms with van der Waals surface area (Å²) in [4.78, 5) is 23.1. The number of ether oxygens (including phenoxy) is 1. The van der Waals surface area contributed by atoms with Crippen molar-refractivity contribution in [1.82, 2.24) is 14.8 Å². The summed E-state index contributed by atoms with van der Waals surface area (Å²) in [6.07, 6.45) is 2.05. The predicted octanol–water partition coefficient (Wildman–Crippen LogP) is 4.98. The molecule has 1 aromatic heterocycles. The normalized spacial score (nSPS) is 15.1. The third kappa shape index (κ3) is 6.54. The van der Waals surface area contributed by atoms with Gasteiger partial charge in [0.2, 0.25) is 5.91 Å². The number of nitro benzene ring substituents is 1. The summed E-state index contributed by atoms with van der Waals surface area (Å²) in [6, 6.07) is 10.1. The highest BCUT2D eigenvalue weighted by Gasteiger charge is 2.22. The lowest BCUT2D eigenvalue weighted by Crippen LogP contribution is -2.20. The van der Waals surface area contributed by atoms with Crippen LogP contribution in [0.1, 0.15) is 29.8 Å². The summed E-state index contributed by atoms with van der Waals surface area (Å²) < 4.78 is 7.82. The van der Waals surface area contributed by atoms with Crippen LogP contribution in [-0.2, 0) is 22.6 Å². The Balaban J connectivity index is 1.42. The van der Waals surface area contributed by atoms with Gasteiger partial charge in [0.25, 0.3) is 5.69 Å². The van der Waals surface area contributed by atoms with E-state index >= 15 is 0 Å². The maximum atomic E-state index is 12.6. The van der Waals surface area contributed by atoms with E-state index < -0.39 is 4.92 Å². The average Bonchev–Trinajstić information content (AvgIpc) is 3.50. The molecule has 1 saturated heterocycles. The smallest absolute Gasteiger partial charge is 0.269 e. The highest BCUT2D eigenvalue weighted by atomic mass is 35.5. The van der Waals surface area contributed by atoms with Gasteiger partial charge in [0.15, 0.2) is 11.0 Å². The van der Waals surface area contributed by atoms with E-state index in [0.29, 0.717) is 34.5 Å². The number of nitrogens with one attached hydrogen (secondary N) is 2. The number of non-ortho nitro benzene ring substituents is 1. The Labute approximate surface area is 217 Å². The minimum Gasteiger partial charge on any atom is -0.378 e. The number of halogens is 1. The predicted molar refractivity (Wildman–Crippen MR) is 140 cm³/mol. The number of aryl methyl sites for hydroxylation is 2. The quantitative estimate of drug-likeness (QED) is 0.214. The van der Waals surface area contributed by atoms with Crippen LogP contribution in [0.5, 0.6) is 0 Å². The van der Waals surface area contributed by atoms with Gasteiger partial charge in [0.1, 0.15) is 0 Å². The van der Waals surface area contributed by atoms with Crippen LogP contribution in [-0.4, -0.2) is 44.1 Å². The van der Waals surface area contributed by atoms with E-state index in [9.17, 15) is 14.9 Å². The van der Waals surface area contributed by atoms with Gasteiger partial charge >= 0.3 is 0 Å². The second-order valence-corrected chi connectivity index (χ2v) is 9.90. The standard InChI is InChI=1S/C24H27ClN6O4S/c1-15-5-6-17(11-20(15)25)26-12-22-28-29-24(30(22)13-19-4-3-9-35-19)36-14-23(32)27-21-8-7-18(31(33)34)10-16(21)2/h5-8,10-11,19,26H,3-4,9,12-14H2,1-2H3,(H,27,32)/t19-/m0/s1. The molecule has 0 aliphatic carbocycles. The number of rotatable bonds is 10. The van der Waals surface area contributed by atoms with Crippen LogP contribution in [0.4, 0.5) is 17.1 Å². The van der Waals surface area contributed by atoms with Crippen LogP contribution in [0.25, 0.3) is 0 Å². The molecule has 0 saturated carbocycles. The Morgan fingerprint density at radius 2 is 2.08 bits per heavy atom. The maximum Gasteiger partial charge on any atom is 0.269 e. The molecule has 2 aromatic carbocycles. The lowest BCUT2D eigenvalue weighted by atomic mass is 10.2. The van der Waals surface area contributed by atoms with Crippen molar-refractivity contribution >= 4 is 46.3 Å². The highest BCUT2D eigenvalue weighted by Crippen LogP contribution is 2.25. The van der Waals surface area contributed by atoms with Gasteiger partial charge < -0.3 is 19.9 Å². The number of amides is 1. The molecule has 2 heterocycles. The number of aromatic nitrogens is 3. The summed E-state index contributed by atoms with van der Waals surface area (Å²) in [5, 5.41) is 27.1. The highest BCUT2D eigenvalue weighted by molar-refractivity contribution is 7.99. The molecule has 0 spiro atoms. The van der Waals surface area contributed by atoms with Gasteiger partial charge in [-0.3, -0.25) is 14.9 Å². The van der Waals surface area contributed by atoms with E-state index in [4.69, 9.17) is 16.3 Å². The van der Waals surface area contributed by atoms with Crippen molar-refractivity contribution in [2.45, 2.75) is 51.0 Å². The molecule has 1 aliphatic rings. The zero-order valence-corrected chi connectivity index (χ0v) is 21.6. The van der Waals surface area contributed by atoms with Crippen molar-refractivity contribution in [2.24, 2.45) is 0 Å². The van der Waals surface area contributed by atoms with Gasteiger partial charge in [0.05, 0.1) is 29.9 Å². The molecule has 1 fully saturated rings. The third-order valence-corrected chi connectivity index (χ3v) is 7.23. The Kier molecular flexibility index (Phi) is 8.44. The first-order valence-corrected chi connectivity index (χ1v) is 12.9. The molecular weight excluding hydrogens is 504 g/mol. The summed E-state index contributed by atoms with van der Waals surface area (Å²) >= 11 is 7.53. The van der Waals surface area contributed by atoms with E-state index in [2.05, 4.69) is 20.8 Å². The van der Waals surface area contributed by atoms with E-state index in [0.717, 1.165) is 36.5 Å². The summed E-state index contributed by atoms with van der Waals surface area (Å²) in [5.74, 6) is 0.607. The summed E-state index contributed by atoms with van der Waals surface area (Å²) in [7, 11) is 0. The van der Waals surface area contributed by atoms with Gasteiger partial charge in [0, 0.05) is 35.1 Å². The minimum atomic E-state index is -0.463. The monoisotopic (exact) mass is 530 g/mol. The molecule has 0 radical (unpaired) electrons. The van der Waals surface area contributed by atoms with Crippen LogP contribution in [0.15, 0.2) is 41.6 Å². The molecule has 2 N–H and O–H groups in total. The van der Waals surface area contributed by atoms with Crippen LogP contribution in [0.2, 0.25) is 5.02 Å². The van der Waals surface area contributed by atoms with Crippen molar-refractivity contribution in [3.8, 4) is 0 Å². The molecular formula is C24H27ClN6O4S. The molecule has 0 unspecified atom stereocenters. The first kappa shape index (κ1) is 25.9. The van der Waals surface area contributed by atoms with Gasteiger partial charge in [-0.2, -0.15) is 0 Å². The SMILES string of the molecule is Cc1ccc(NCc2nnc(SCC(=O)Nc3ccc([N+](=O)[O-])cc3C)n2C[C@@H]2CCCO2)cc1Cl. The first-order valence-electron chi connectivity index (χ1n) is 11.5. The van der Waals surface area contributed by atoms with E-state index in [1.807, 2.05) is 29.7 Å². The second kappa shape index (κ2) is 11.7. The Morgan fingerprint density at radius 1 is 1.25 bits per heavy atom. The number of benzene rings is 2. The number of anilines is 2. The van der Waals surface area contributed by atoms with Crippen molar-refractivity contribution in [3.05, 3.63) is 68.5 Å². The zero-order valence-electron chi connectivity index (χ0n) is 20.0. The molecule has 0 bridgehead atoms. The van der Waals surface area contributed by atoms with Crippen LogP contribution in [0, 0.1) is 24.0 Å².